The van der Waals surface area contributed by atoms with E-state index >= 15 is 0 Å². The van der Waals surface area contributed by atoms with Crippen LogP contribution in [0.3, 0.4) is 0 Å². The second-order valence-corrected chi connectivity index (χ2v) is 3.35. The van der Waals surface area contributed by atoms with Crippen molar-refractivity contribution in [2.75, 3.05) is 0 Å². The van der Waals surface area contributed by atoms with Gasteiger partial charge in [0.1, 0.15) is 0 Å². The molecule has 0 spiro atoms. The first-order chi connectivity index (χ1) is 5.34. The second-order valence-electron chi connectivity index (χ2n) is 2.24. The molecular weight excluding hydrogens is 202 g/mol. The first kappa shape index (κ1) is 8.29. The van der Waals surface area contributed by atoms with Gasteiger partial charge in [0.2, 0.25) is 0 Å². The largest absolute Gasteiger partial charge is 0.198 e. The highest BCUT2D eigenvalue weighted by atomic mass is 79.9. The number of hydrogen-bond acceptors (Lipinski definition) is 1. The van der Waals surface area contributed by atoms with Crippen LogP contribution in [0, 0.1) is 11.3 Å². The molecule has 1 rings (SSSR count). The summed E-state index contributed by atoms with van der Waals surface area (Å²) in [7, 11) is 0. The van der Waals surface area contributed by atoms with Gasteiger partial charge in [-0.25, -0.2) is 0 Å². The van der Waals surface area contributed by atoms with Crippen LogP contribution in [0.15, 0.2) is 30.3 Å². The van der Waals surface area contributed by atoms with Gasteiger partial charge in [0, 0.05) is 0 Å². The van der Waals surface area contributed by atoms with Crippen molar-refractivity contribution >= 4 is 15.9 Å². The zero-order valence-corrected chi connectivity index (χ0v) is 7.58. The lowest BCUT2D eigenvalue weighted by Crippen LogP contribution is -1.86. The van der Waals surface area contributed by atoms with Gasteiger partial charge in [-0.15, -0.1) is 0 Å². The minimum absolute atomic E-state index is 0.175. The van der Waals surface area contributed by atoms with Crippen LogP contribution in [-0.2, 0) is 0 Å². The van der Waals surface area contributed by atoms with Crippen molar-refractivity contribution in [1.29, 1.82) is 5.26 Å². The predicted octanol–water partition coefficient (Wildman–Crippen LogP) is 3.04. The van der Waals surface area contributed by atoms with Crippen LogP contribution in [0.2, 0.25) is 0 Å². The molecule has 1 aromatic rings. The Hall–Kier alpha value is -0.810. The van der Waals surface area contributed by atoms with E-state index in [-0.39, 0.29) is 4.83 Å². The standard InChI is InChI=1S/C9H8BrN/c10-9(6-7-11)8-4-2-1-3-5-8/h1-5,9H,6H2. The van der Waals surface area contributed by atoms with E-state index in [1.807, 2.05) is 30.3 Å². The van der Waals surface area contributed by atoms with E-state index in [2.05, 4.69) is 22.0 Å². The first-order valence-corrected chi connectivity index (χ1v) is 4.32. The molecule has 0 N–H and O–H groups in total. The monoisotopic (exact) mass is 209 g/mol. The molecule has 0 saturated heterocycles. The number of halogens is 1. The van der Waals surface area contributed by atoms with E-state index in [9.17, 15) is 0 Å². The Morgan fingerprint density at radius 1 is 1.36 bits per heavy atom. The molecule has 0 aliphatic carbocycles. The van der Waals surface area contributed by atoms with Gasteiger partial charge >= 0.3 is 0 Å². The van der Waals surface area contributed by atoms with Crippen molar-refractivity contribution < 1.29 is 0 Å². The Kier molecular flexibility index (Phi) is 3.13. The lowest BCUT2D eigenvalue weighted by Gasteiger charge is -2.03. The molecule has 0 aliphatic heterocycles. The molecule has 1 atom stereocenters. The van der Waals surface area contributed by atoms with Crippen molar-refractivity contribution in [2.24, 2.45) is 0 Å². The number of nitriles is 1. The Morgan fingerprint density at radius 2 is 2.00 bits per heavy atom. The minimum Gasteiger partial charge on any atom is -0.198 e. The summed E-state index contributed by atoms with van der Waals surface area (Å²) in [4.78, 5) is 0.175. The van der Waals surface area contributed by atoms with Crippen molar-refractivity contribution in [2.45, 2.75) is 11.2 Å². The number of hydrogen-bond donors (Lipinski definition) is 0. The van der Waals surface area contributed by atoms with Gasteiger partial charge in [0.05, 0.1) is 17.3 Å². The third kappa shape index (κ3) is 2.36. The van der Waals surface area contributed by atoms with E-state index < -0.39 is 0 Å². The highest BCUT2D eigenvalue weighted by Crippen LogP contribution is 2.24. The second kappa shape index (κ2) is 4.15. The van der Waals surface area contributed by atoms with Crippen molar-refractivity contribution in [1.82, 2.24) is 0 Å². The normalized spacial score (nSPS) is 12.0. The van der Waals surface area contributed by atoms with Crippen LogP contribution in [0.1, 0.15) is 16.8 Å². The summed E-state index contributed by atoms with van der Waals surface area (Å²) in [5, 5.41) is 8.42. The molecule has 1 nitrogen and oxygen atoms in total. The molecule has 1 unspecified atom stereocenters. The van der Waals surface area contributed by atoms with E-state index in [1.165, 1.54) is 0 Å². The van der Waals surface area contributed by atoms with Gasteiger partial charge in [0.15, 0.2) is 0 Å². The summed E-state index contributed by atoms with van der Waals surface area (Å²) in [6.45, 7) is 0. The molecule has 56 valence electrons. The fourth-order valence-corrected chi connectivity index (χ4v) is 1.31. The predicted molar refractivity (Wildman–Crippen MR) is 48.3 cm³/mol. The third-order valence-corrected chi connectivity index (χ3v) is 2.28. The molecule has 0 fully saturated rings. The summed E-state index contributed by atoms with van der Waals surface area (Å²) in [5.41, 5.74) is 1.16. The Bertz CT molecular complexity index is 250. The molecule has 1 aromatic carbocycles. The van der Waals surface area contributed by atoms with Crippen LogP contribution in [0.25, 0.3) is 0 Å². The highest BCUT2D eigenvalue weighted by Gasteiger charge is 2.03. The van der Waals surface area contributed by atoms with Crippen LogP contribution < -0.4 is 0 Å². The van der Waals surface area contributed by atoms with Gasteiger partial charge in [-0.2, -0.15) is 5.26 Å². The number of rotatable bonds is 2. The van der Waals surface area contributed by atoms with Crippen LogP contribution in [0.5, 0.6) is 0 Å². The number of benzene rings is 1. The summed E-state index contributed by atoms with van der Waals surface area (Å²) < 4.78 is 0. The van der Waals surface area contributed by atoms with Gasteiger partial charge in [0.25, 0.3) is 0 Å². The molecular formula is C9H8BrN. The fourth-order valence-electron chi connectivity index (χ4n) is 0.860. The molecule has 0 radical (unpaired) electrons. The molecule has 0 aromatic heterocycles. The van der Waals surface area contributed by atoms with E-state index in [0.29, 0.717) is 6.42 Å². The summed E-state index contributed by atoms with van der Waals surface area (Å²) in [5.74, 6) is 0. The summed E-state index contributed by atoms with van der Waals surface area (Å²) >= 11 is 3.42. The molecule has 0 amide bonds. The highest BCUT2D eigenvalue weighted by molar-refractivity contribution is 9.09. The van der Waals surface area contributed by atoms with E-state index in [4.69, 9.17) is 5.26 Å². The van der Waals surface area contributed by atoms with Gasteiger partial charge in [-0.1, -0.05) is 46.3 Å². The number of nitrogens with zero attached hydrogens (tertiary/aromatic N) is 1. The van der Waals surface area contributed by atoms with Crippen LogP contribution in [-0.4, -0.2) is 0 Å². The lowest BCUT2D eigenvalue weighted by atomic mass is 10.1. The lowest BCUT2D eigenvalue weighted by molar-refractivity contribution is 0.999. The fraction of sp³-hybridized carbons (Fsp3) is 0.222. The SMILES string of the molecule is N#CCC(Br)c1ccccc1. The minimum atomic E-state index is 0.175. The van der Waals surface area contributed by atoms with Crippen molar-refractivity contribution in [3.8, 4) is 6.07 Å². The molecule has 0 heterocycles. The summed E-state index contributed by atoms with van der Waals surface area (Å²) in [6.07, 6.45) is 0.518. The molecule has 0 bridgehead atoms. The average Bonchev–Trinajstić information content (AvgIpc) is 2.07. The maximum atomic E-state index is 8.42. The zero-order valence-electron chi connectivity index (χ0n) is 6.00. The summed E-state index contributed by atoms with van der Waals surface area (Å²) in [6, 6.07) is 12.1. The maximum Gasteiger partial charge on any atom is 0.0637 e. The van der Waals surface area contributed by atoms with Crippen LogP contribution in [0.4, 0.5) is 0 Å². The molecule has 11 heavy (non-hydrogen) atoms. The average molecular weight is 210 g/mol. The van der Waals surface area contributed by atoms with Crippen LogP contribution >= 0.6 is 15.9 Å². The first-order valence-electron chi connectivity index (χ1n) is 3.40. The van der Waals surface area contributed by atoms with Gasteiger partial charge in [-0.3, -0.25) is 0 Å². The molecule has 0 saturated carbocycles. The maximum absolute atomic E-state index is 8.42. The van der Waals surface area contributed by atoms with E-state index in [1.54, 1.807) is 0 Å². The Labute approximate surface area is 74.8 Å². The Balaban J connectivity index is 2.70. The van der Waals surface area contributed by atoms with Crippen molar-refractivity contribution in [3.63, 3.8) is 0 Å². The van der Waals surface area contributed by atoms with E-state index in [0.717, 1.165) is 5.56 Å². The Morgan fingerprint density at radius 3 is 2.55 bits per heavy atom. The zero-order chi connectivity index (χ0) is 8.10. The topological polar surface area (TPSA) is 23.8 Å². The number of alkyl halides is 1. The van der Waals surface area contributed by atoms with Gasteiger partial charge < -0.3 is 0 Å². The molecule has 2 heteroatoms. The van der Waals surface area contributed by atoms with Gasteiger partial charge in [-0.05, 0) is 5.56 Å². The third-order valence-electron chi connectivity index (χ3n) is 1.43. The molecule has 0 aliphatic rings. The quantitative estimate of drug-likeness (QED) is 0.688. The smallest absolute Gasteiger partial charge is 0.0637 e. The van der Waals surface area contributed by atoms with Crippen molar-refractivity contribution in [3.05, 3.63) is 35.9 Å².